The van der Waals surface area contributed by atoms with Gasteiger partial charge in [0.1, 0.15) is 11.3 Å². The molecule has 6 rings (SSSR count). The number of nitrogens with one attached hydrogen (secondary N) is 3. The van der Waals surface area contributed by atoms with Crippen molar-refractivity contribution in [1.82, 2.24) is 20.3 Å². The number of ether oxygens (including phenoxy) is 1. The number of nitrogens with zero attached hydrogens (tertiary/aromatic N) is 3. The van der Waals surface area contributed by atoms with Crippen molar-refractivity contribution in [1.29, 1.82) is 0 Å². The van der Waals surface area contributed by atoms with E-state index in [-0.39, 0.29) is 12.2 Å². The van der Waals surface area contributed by atoms with Crippen molar-refractivity contribution in [2.75, 3.05) is 43.1 Å². The number of imidazole rings is 1. The highest BCUT2D eigenvalue weighted by molar-refractivity contribution is 6.06. The van der Waals surface area contributed by atoms with E-state index in [2.05, 4.69) is 44.6 Å². The number of primary amides is 1. The highest BCUT2D eigenvalue weighted by Crippen LogP contribution is 2.33. The Hall–Kier alpha value is -4.81. The first kappa shape index (κ1) is 31.2. The van der Waals surface area contributed by atoms with E-state index in [1.807, 2.05) is 60.7 Å². The molecule has 0 aliphatic carbocycles. The first-order valence-corrected chi connectivity index (χ1v) is 15.5. The van der Waals surface area contributed by atoms with Gasteiger partial charge in [0.2, 0.25) is 0 Å². The average Bonchev–Trinajstić information content (AvgIpc) is 3.54. The number of aromatic nitrogens is 3. The molecule has 1 aliphatic heterocycles. The number of nitrogens with two attached hydrogens (primary N) is 1. The van der Waals surface area contributed by atoms with Gasteiger partial charge in [0, 0.05) is 42.8 Å². The van der Waals surface area contributed by atoms with E-state index >= 15 is 0 Å². The maximum absolute atomic E-state index is 12.6. The van der Waals surface area contributed by atoms with Gasteiger partial charge < -0.3 is 41.2 Å². The summed E-state index contributed by atoms with van der Waals surface area (Å²) in [6.07, 6.45) is 1.28. The molecule has 0 bridgehead atoms. The number of rotatable bonds is 12. The van der Waals surface area contributed by atoms with Gasteiger partial charge in [-0.15, -0.1) is 0 Å². The Morgan fingerprint density at radius 3 is 2.52 bits per heavy atom. The number of carbonyl (C=O) groups is 1. The van der Waals surface area contributed by atoms with Crippen molar-refractivity contribution in [3.8, 4) is 11.4 Å². The third kappa shape index (κ3) is 6.58. The maximum Gasteiger partial charge on any atom is 0.252 e. The molecule has 238 valence electrons. The van der Waals surface area contributed by atoms with Crippen LogP contribution in [0.3, 0.4) is 0 Å². The van der Waals surface area contributed by atoms with Gasteiger partial charge in [-0.3, -0.25) is 4.79 Å². The summed E-state index contributed by atoms with van der Waals surface area (Å²) in [6.45, 7) is 5.38. The van der Waals surface area contributed by atoms with Gasteiger partial charge in [-0.2, -0.15) is 0 Å². The average molecular weight is 622 g/mol. The van der Waals surface area contributed by atoms with E-state index in [0.717, 1.165) is 46.7 Å². The van der Waals surface area contributed by atoms with Gasteiger partial charge in [-0.1, -0.05) is 49.4 Å². The second-order valence-electron chi connectivity index (χ2n) is 11.3. The molecule has 5 aromatic rings. The van der Waals surface area contributed by atoms with Crippen LogP contribution in [0.15, 0.2) is 79.0 Å². The molecular formula is C35H39N7O4. The molecule has 0 saturated carbocycles. The van der Waals surface area contributed by atoms with Crippen molar-refractivity contribution < 1.29 is 19.7 Å². The molecule has 11 heteroatoms. The number of H-pyrrole nitrogens is 1. The van der Waals surface area contributed by atoms with E-state index in [0.29, 0.717) is 48.9 Å². The van der Waals surface area contributed by atoms with Crippen LogP contribution in [0.25, 0.3) is 22.6 Å². The van der Waals surface area contributed by atoms with Gasteiger partial charge >= 0.3 is 0 Å². The smallest absolute Gasteiger partial charge is 0.252 e. The fourth-order valence-electron chi connectivity index (χ4n) is 5.92. The minimum Gasteiger partial charge on any atom is -0.395 e. The van der Waals surface area contributed by atoms with E-state index in [1.54, 1.807) is 0 Å². The van der Waals surface area contributed by atoms with Crippen LogP contribution in [0.1, 0.15) is 40.1 Å². The Labute approximate surface area is 267 Å². The Morgan fingerprint density at radius 1 is 1.07 bits per heavy atom. The second-order valence-corrected chi connectivity index (χ2v) is 11.3. The highest BCUT2D eigenvalue weighted by Gasteiger charge is 2.22. The molecule has 1 saturated heterocycles. The van der Waals surface area contributed by atoms with Crippen LogP contribution in [0.5, 0.6) is 0 Å². The minimum atomic E-state index is -0.870. The van der Waals surface area contributed by atoms with E-state index in [1.165, 1.54) is 6.20 Å². The Balaban J connectivity index is 1.28. The molecule has 3 aromatic carbocycles. The van der Waals surface area contributed by atoms with Crippen LogP contribution in [0.2, 0.25) is 0 Å². The molecule has 2 aromatic heterocycles. The van der Waals surface area contributed by atoms with Crippen LogP contribution < -0.4 is 21.3 Å². The molecule has 0 radical (unpaired) electrons. The number of pyridine rings is 1. The highest BCUT2D eigenvalue weighted by atomic mass is 16.5. The third-order valence-electron chi connectivity index (χ3n) is 8.46. The Morgan fingerprint density at radius 2 is 1.83 bits per heavy atom. The number of amides is 1. The molecule has 11 nitrogen and oxygen atoms in total. The normalized spacial score (nSPS) is 14.7. The molecule has 3 heterocycles. The molecule has 0 spiro atoms. The lowest BCUT2D eigenvalue weighted by atomic mass is 10.00. The molecule has 1 fully saturated rings. The fourth-order valence-corrected chi connectivity index (χ4v) is 5.92. The van der Waals surface area contributed by atoms with Crippen LogP contribution in [-0.4, -0.2) is 70.0 Å². The number of fused-ring (bicyclic) bond motifs is 1. The standard InChI is InChI=1S/C35H39N7O4/c1-2-26-24(19-37-29(21-43)32(44)22-7-4-3-5-8-22)9-6-10-28(26)39-30-27(33(36)45)20-38-35-31(30)40-34(41-35)23-11-13-25(14-12-23)42-15-17-46-18-16-42/h3-14,20,29,32,37,43-44H,2,15-19,21H2,1H3,(H2,36,45)(H2,38,39,40,41)/t29-,32-/m1/s1. The number of aromatic amines is 1. The topological polar surface area (TPSA) is 162 Å². The quantitative estimate of drug-likeness (QED) is 0.121. The summed E-state index contributed by atoms with van der Waals surface area (Å²) in [5, 5.41) is 27.7. The van der Waals surface area contributed by atoms with Crippen molar-refractivity contribution >= 4 is 34.1 Å². The van der Waals surface area contributed by atoms with E-state index in [4.69, 9.17) is 15.5 Å². The van der Waals surface area contributed by atoms with Gasteiger partial charge in [-0.05, 0) is 53.4 Å². The zero-order valence-corrected chi connectivity index (χ0v) is 25.7. The fraction of sp³-hybridized carbons (Fsp3) is 0.286. The molecule has 1 aliphatic rings. The largest absolute Gasteiger partial charge is 0.395 e. The monoisotopic (exact) mass is 621 g/mol. The minimum absolute atomic E-state index is 0.227. The molecule has 0 unspecified atom stereocenters. The number of carbonyl (C=O) groups excluding carboxylic acids is 1. The number of hydrogen-bond donors (Lipinski definition) is 6. The van der Waals surface area contributed by atoms with Crippen molar-refractivity contribution in [2.45, 2.75) is 32.0 Å². The number of morpholine rings is 1. The van der Waals surface area contributed by atoms with Crippen molar-refractivity contribution in [3.05, 3.63) is 101 Å². The molecule has 46 heavy (non-hydrogen) atoms. The zero-order chi connectivity index (χ0) is 32.0. The second kappa shape index (κ2) is 14.1. The molecule has 1 amide bonds. The SMILES string of the molecule is CCc1c(CN[C@H](CO)[C@H](O)c2ccccc2)cccc1Nc1c(C(N)=O)cnc2[nH]c(-c3ccc(N4CCOCC4)cc3)nc12. The predicted molar refractivity (Wildman–Crippen MR) is 179 cm³/mol. The zero-order valence-electron chi connectivity index (χ0n) is 25.7. The summed E-state index contributed by atoms with van der Waals surface area (Å²) in [4.78, 5) is 27.5. The van der Waals surface area contributed by atoms with Crippen LogP contribution >= 0.6 is 0 Å². The molecule has 2 atom stereocenters. The number of hydrogen-bond acceptors (Lipinski definition) is 9. The Kier molecular flexibility index (Phi) is 9.55. The summed E-state index contributed by atoms with van der Waals surface area (Å²) in [5.41, 5.74) is 13.1. The van der Waals surface area contributed by atoms with Crippen LogP contribution in [0.4, 0.5) is 17.1 Å². The maximum atomic E-state index is 12.6. The van der Waals surface area contributed by atoms with Crippen LogP contribution in [0, 0.1) is 0 Å². The summed E-state index contributed by atoms with van der Waals surface area (Å²) < 4.78 is 5.48. The summed E-state index contributed by atoms with van der Waals surface area (Å²) in [7, 11) is 0. The van der Waals surface area contributed by atoms with Gasteiger partial charge in [0.15, 0.2) is 5.65 Å². The van der Waals surface area contributed by atoms with Gasteiger partial charge in [0.25, 0.3) is 5.91 Å². The molecular weight excluding hydrogens is 582 g/mol. The van der Waals surface area contributed by atoms with Crippen molar-refractivity contribution in [3.63, 3.8) is 0 Å². The van der Waals surface area contributed by atoms with Gasteiger partial charge in [-0.25, -0.2) is 9.97 Å². The number of aliphatic hydroxyl groups excluding tert-OH is 2. The summed E-state index contributed by atoms with van der Waals surface area (Å²) >= 11 is 0. The lowest BCUT2D eigenvalue weighted by Gasteiger charge is -2.28. The Bertz CT molecular complexity index is 1790. The lowest BCUT2D eigenvalue weighted by Crippen LogP contribution is -2.37. The predicted octanol–water partition coefficient (Wildman–Crippen LogP) is 4.05. The molecule has 7 N–H and O–H groups in total. The van der Waals surface area contributed by atoms with E-state index in [9.17, 15) is 15.0 Å². The number of benzene rings is 3. The first-order valence-electron chi connectivity index (χ1n) is 15.5. The first-order chi connectivity index (χ1) is 22.5. The van der Waals surface area contributed by atoms with Crippen LogP contribution in [-0.2, 0) is 17.7 Å². The summed E-state index contributed by atoms with van der Waals surface area (Å²) in [5.74, 6) is 0.00857. The van der Waals surface area contributed by atoms with Crippen molar-refractivity contribution in [2.24, 2.45) is 5.73 Å². The third-order valence-corrected chi connectivity index (χ3v) is 8.46. The van der Waals surface area contributed by atoms with Gasteiger partial charge in [0.05, 0.1) is 43.2 Å². The lowest BCUT2D eigenvalue weighted by molar-refractivity contribution is 0.0891. The number of anilines is 3. The summed E-state index contributed by atoms with van der Waals surface area (Å²) in [6, 6.07) is 22.8. The van der Waals surface area contributed by atoms with E-state index < -0.39 is 18.1 Å². The number of aliphatic hydroxyl groups is 2.